The number of hydrogen-bond donors (Lipinski definition) is 1. The maximum Gasteiger partial charge on any atom is 0.335 e. The SMILES string of the molecule is N#Cc1cc(Cl)ccc1OCc1cc(OC2CCN(Cc3nc4ccc(C(=O)O)cc4n3Cc3cnco3)CC2)ccn1. The molecule has 1 saturated heterocycles. The second-order valence-electron chi connectivity index (χ2n) is 10.2. The van der Waals surface area contributed by atoms with Crippen LogP contribution in [0.25, 0.3) is 11.0 Å². The smallest absolute Gasteiger partial charge is 0.335 e. The van der Waals surface area contributed by atoms with Gasteiger partial charge in [0.2, 0.25) is 0 Å². The Morgan fingerprint density at radius 2 is 2.00 bits per heavy atom. The fourth-order valence-electron chi connectivity index (χ4n) is 5.13. The quantitative estimate of drug-likeness (QED) is 0.225. The lowest BCUT2D eigenvalue weighted by Crippen LogP contribution is -2.38. The van der Waals surface area contributed by atoms with Crippen molar-refractivity contribution in [2.45, 2.75) is 38.6 Å². The standard InChI is InChI=1S/C31H27ClN6O5/c32-22-2-4-29(21(11-22)14-33)41-18-23-13-25(5-8-35-23)43-24-6-9-37(10-7-24)17-30-36-27-3-1-20(31(39)40)12-28(27)38(30)16-26-15-34-19-42-26/h1-5,8,11-13,15,19,24H,6-7,9-10,16-18H2,(H,39,40). The van der Waals surface area contributed by atoms with Gasteiger partial charge >= 0.3 is 5.97 Å². The summed E-state index contributed by atoms with van der Waals surface area (Å²) in [4.78, 5) is 27.1. The topological polar surface area (TPSA) is 140 Å². The molecule has 12 heteroatoms. The highest BCUT2D eigenvalue weighted by Gasteiger charge is 2.23. The molecule has 43 heavy (non-hydrogen) atoms. The van der Waals surface area contributed by atoms with Crippen LogP contribution in [0.5, 0.6) is 11.5 Å². The number of piperidine rings is 1. The molecule has 3 aromatic heterocycles. The number of carboxylic acids is 1. The minimum Gasteiger partial charge on any atom is -0.490 e. The Hall–Kier alpha value is -4.92. The van der Waals surface area contributed by atoms with Crippen LogP contribution in [0.2, 0.25) is 5.02 Å². The van der Waals surface area contributed by atoms with Gasteiger partial charge in [0.05, 0.1) is 47.1 Å². The lowest BCUT2D eigenvalue weighted by Gasteiger charge is -2.32. The highest BCUT2D eigenvalue weighted by atomic mass is 35.5. The van der Waals surface area contributed by atoms with Gasteiger partial charge in [-0.2, -0.15) is 5.26 Å². The molecule has 1 fully saturated rings. The van der Waals surface area contributed by atoms with Crippen molar-refractivity contribution in [1.82, 2.24) is 24.4 Å². The molecule has 0 saturated carbocycles. The zero-order valence-electron chi connectivity index (χ0n) is 23.0. The summed E-state index contributed by atoms with van der Waals surface area (Å²) in [5, 5.41) is 19.3. The van der Waals surface area contributed by atoms with Crippen molar-refractivity contribution in [3.05, 3.63) is 101 Å². The normalized spacial score (nSPS) is 14.0. The molecule has 5 aromatic rings. The Labute approximate surface area is 251 Å². The first kappa shape index (κ1) is 28.2. The molecule has 6 rings (SSSR count). The number of aromatic nitrogens is 4. The van der Waals surface area contributed by atoms with Crippen LogP contribution in [0, 0.1) is 11.3 Å². The third-order valence-electron chi connectivity index (χ3n) is 7.30. The summed E-state index contributed by atoms with van der Waals surface area (Å²) >= 11 is 5.97. The Morgan fingerprint density at radius 1 is 1.14 bits per heavy atom. The molecule has 0 aliphatic carbocycles. The number of rotatable bonds is 10. The maximum absolute atomic E-state index is 11.6. The number of ether oxygens (including phenoxy) is 2. The van der Waals surface area contributed by atoms with E-state index < -0.39 is 5.97 Å². The van der Waals surface area contributed by atoms with Crippen LogP contribution in [0.15, 0.2) is 71.7 Å². The number of carbonyl (C=O) groups is 1. The monoisotopic (exact) mass is 598 g/mol. The van der Waals surface area contributed by atoms with E-state index in [0.29, 0.717) is 46.6 Å². The summed E-state index contributed by atoms with van der Waals surface area (Å²) in [6.45, 7) is 2.81. The molecule has 0 bridgehead atoms. The largest absolute Gasteiger partial charge is 0.490 e. The number of likely N-dealkylation sites (tertiary alicyclic amines) is 1. The highest BCUT2D eigenvalue weighted by molar-refractivity contribution is 6.30. The van der Waals surface area contributed by atoms with Gasteiger partial charge in [-0.1, -0.05) is 11.6 Å². The van der Waals surface area contributed by atoms with Gasteiger partial charge in [0.25, 0.3) is 0 Å². The molecule has 1 N–H and O–H groups in total. The number of fused-ring (bicyclic) bond motifs is 1. The van der Waals surface area contributed by atoms with E-state index in [1.807, 2.05) is 16.7 Å². The average Bonchev–Trinajstić information content (AvgIpc) is 3.65. The highest BCUT2D eigenvalue weighted by Crippen LogP contribution is 2.26. The molecule has 4 heterocycles. The second kappa shape index (κ2) is 12.5. The summed E-state index contributed by atoms with van der Waals surface area (Å²) in [6.07, 6.45) is 6.42. The van der Waals surface area contributed by atoms with Gasteiger partial charge in [-0.3, -0.25) is 9.88 Å². The van der Waals surface area contributed by atoms with Crippen LogP contribution < -0.4 is 9.47 Å². The fraction of sp³-hybridized carbons (Fsp3) is 0.258. The van der Waals surface area contributed by atoms with Crippen molar-refractivity contribution >= 4 is 28.6 Å². The van der Waals surface area contributed by atoms with E-state index in [0.717, 1.165) is 42.8 Å². The number of nitrogens with zero attached hydrogens (tertiary/aromatic N) is 6. The van der Waals surface area contributed by atoms with E-state index in [4.69, 9.17) is 30.5 Å². The maximum atomic E-state index is 11.6. The van der Waals surface area contributed by atoms with Gasteiger partial charge in [0, 0.05) is 30.4 Å². The number of hydrogen-bond acceptors (Lipinski definition) is 9. The molecule has 0 unspecified atom stereocenters. The van der Waals surface area contributed by atoms with E-state index in [1.54, 1.807) is 48.8 Å². The van der Waals surface area contributed by atoms with Crippen molar-refractivity contribution in [3.63, 3.8) is 0 Å². The van der Waals surface area contributed by atoms with Crippen LogP contribution in [-0.2, 0) is 19.7 Å². The van der Waals surface area contributed by atoms with Crippen LogP contribution in [-0.4, -0.2) is 54.7 Å². The predicted molar refractivity (Wildman–Crippen MR) is 156 cm³/mol. The first-order valence-electron chi connectivity index (χ1n) is 13.7. The molecule has 0 amide bonds. The molecule has 0 radical (unpaired) electrons. The summed E-state index contributed by atoms with van der Waals surface area (Å²) in [7, 11) is 0. The number of benzene rings is 2. The van der Waals surface area contributed by atoms with Crippen LogP contribution in [0.3, 0.4) is 0 Å². The van der Waals surface area contributed by atoms with Gasteiger partial charge in [0.1, 0.15) is 41.9 Å². The lowest BCUT2D eigenvalue weighted by molar-refractivity contribution is 0.0697. The fourth-order valence-corrected chi connectivity index (χ4v) is 5.30. The van der Waals surface area contributed by atoms with E-state index in [9.17, 15) is 15.2 Å². The average molecular weight is 599 g/mol. The molecular formula is C31H27ClN6O5. The van der Waals surface area contributed by atoms with Crippen LogP contribution >= 0.6 is 11.6 Å². The summed E-state index contributed by atoms with van der Waals surface area (Å²) < 4.78 is 19.6. The van der Waals surface area contributed by atoms with Gasteiger partial charge in [-0.25, -0.2) is 14.8 Å². The minimum atomic E-state index is -0.985. The number of oxazole rings is 1. The van der Waals surface area contributed by atoms with Crippen molar-refractivity contribution < 1.29 is 23.8 Å². The summed E-state index contributed by atoms with van der Waals surface area (Å²) in [5.41, 5.74) is 2.73. The zero-order valence-corrected chi connectivity index (χ0v) is 23.8. The number of halogens is 1. The molecule has 2 aromatic carbocycles. The molecular weight excluding hydrogens is 572 g/mol. The summed E-state index contributed by atoms with van der Waals surface area (Å²) in [5.74, 6) is 1.67. The first-order valence-corrected chi connectivity index (χ1v) is 14.1. The van der Waals surface area contributed by atoms with Gasteiger partial charge in [-0.15, -0.1) is 0 Å². The number of nitriles is 1. The van der Waals surface area contributed by atoms with E-state index in [-0.39, 0.29) is 18.3 Å². The Kier molecular flexibility index (Phi) is 8.22. The van der Waals surface area contributed by atoms with E-state index >= 15 is 0 Å². The van der Waals surface area contributed by atoms with Gasteiger partial charge in [-0.05, 0) is 55.3 Å². The van der Waals surface area contributed by atoms with Crippen molar-refractivity contribution in [2.75, 3.05) is 13.1 Å². The number of pyridine rings is 1. The van der Waals surface area contributed by atoms with Crippen LogP contribution in [0.4, 0.5) is 0 Å². The predicted octanol–water partition coefficient (Wildman–Crippen LogP) is 5.31. The van der Waals surface area contributed by atoms with Crippen LogP contribution in [0.1, 0.15) is 46.0 Å². The van der Waals surface area contributed by atoms with Crippen molar-refractivity contribution in [1.29, 1.82) is 5.26 Å². The Morgan fingerprint density at radius 3 is 2.77 bits per heavy atom. The minimum absolute atomic E-state index is 0.0417. The third-order valence-corrected chi connectivity index (χ3v) is 7.53. The number of imidazole rings is 1. The second-order valence-corrected chi connectivity index (χ2v) is 10.6. The molecule has 11 nitrogen and oxygen atoms in total. The lowest BCUT2D eigenvalue weighted by atomic mass is 10.1. The number of aromatic carboxylic acids is 1. The first-order chi connectivity index (χ1) is 20.9. The molecule has 0 atom stereocenters. The Bertz CT molecular complexity index is 1790. The van der Waals surface area contributed by atoms with E-state index in [1.165, 1.54) is 6.39 Å². The Balaban J connectivity index is 1.08. The van der Waals surface area contributed by atoms with Gasteiger partial charge < -0.3 is 23.6 Å². The third kappa shape index (κ3) is 6.61. The summed E-state index contributed by atoms with van der Waals surface area (Å²) in [6, 6.07) is 15.7. The molecule has 0 spiro atoms. The van der Waals surface area contributed by atoms with Gasteiger partial charge in [0.15, 0.2) is 6.39 Å². The molecule has 1 aliphatic heterocycles. The van der Waals surface area contributed by atoms with E-state index in [2.05, 4.69) is 20.9 Å². The molecule has 1 aliphatic rings. The van der Waals surface area contributed by atoms with Crippen molar-refractivity contribution in [2.24, 2.45) is 0 Å². The number of carboxylic acid groups (broad SMARTS) is 1. The van der Waals surface area contributed by atoms with Crippen molar-refractivity contribution in [3.8, 4) is 17.6 Å². The zero-order chi connectivity index (χ0) is 29.8. The molecule has 218 valence electrons.